The number of hydrogen-bond donors (Lipinski definition) is 2. The van der Waals surface area contributed by atoms with Gasteiger partial charge in [0.15, 0.2) is 0 Å². The molecule has 0 atom stereocenters. The Labute approximate surface area is 108 Å². The molecule has 3 N–H and O–H groups in total. The summed E-state index contributed by atoms with van der Waals surface area (Å²) in [5.41, 5.74) is 8.69. The van der Waals surface area contributed by atoms with Crippen molar-refractivity contribution in [1.82, 2.24) is 4.31 Å². The van der Waals surface area contributed by atoms with Crippen LogP contribution in [-0.4, -0.2) is 25.8 Å². The summed E-state index contributed by atoms with van der Waals surface area (Å²) >= 11 is 0. The minimum absolute atomic E-state index is 0.600. The van der Waals surface area contributed by atoms with Crippen LogP contribution >= 0.6 is 0 Å². The number of nitrogens with zero attached hydrogens (tertiary/aromatic N) is 1. The monoisotopic (exact) mass is 269 g/mol. The summed E-state index contributed by atoms with van der Waals surface area (Å²) < 4.78 is 28.5. The van der Waals surface area contributed by atoms with E-state index < -0.39 is 10.2 Å². The Morgan fingerprint density at radius 2 is 1.67 bits per heavy atom. The molecule has 1 saturated heterocycles. The maximum absolute atomic E-state index is 12.2. The number of nitrogens with two attached hydrogens (primary N) is 1. The summed E-state index contributed by atoms with van der Waals surface area (Å²) in [5, 5.41) is 0. The topological polar surface area (TPSA) is 75.4 Å². The second kappa shape index (κ2) is 4.78. The van der Waals surface area contributed by atoms with Gasteiger partial charge in [0.25, 0.3) is 0 Å². The van der Waals surface area contributed by atoms with Crippen LogP contribution in [0.2, 0.25) is 0 Å². The van der Waals surface area contributed by atoms with Gasteiger partial charge in [-0.2, -0.15) is 12.7 Å². The molecule has 0 bridgehead atoms. The van der Waals surface area contributed by atoms with Gasteiger partial charge in [-0.15, -0.1) is 0 Å². The van der Waals surface area contributed by atoms with Crippen molar-refractivity contribution >= 4 is 21.6 Å². The highest BCUT2D eigenvalue weighted by atomic mass is 32.2. The zero-order chi connectivity index (χ0) is 13.3. The van der Waals surface area contributed by atoms with Crippen molar-refractivity contribution in [3.63, 3.8) is 0 Å². The summed E-state index contributed by atoms with van der Waals surface area (Å²) in [7, 11) is -3.43. The number of nitrogens with one attached hydrogen (secondary N) is 1. The van der Waals surface area contributed by atoms with Crippen molar-refractivity contribution in [3.8, 4) is 0 Å². The van der Waals surface area contributed by atoms with Crippen LogP contribution in [0.25, 0.3) is 0 Å². The summed E-state index contributed by atoms with van der Waals surface area (Å²) in [6.45, 7) is 4.90. The molecule has 0 unspecified atom stereocenters. The van der Waals surface area contributed by atoms with Gasteiger partial charge in [0.1, 0.15) is 0 Å². The van der Waals surface area contributed by atoms with Crippen LogP contribution in [0.15, 0.2) is 12.1 Å². The predicted molar refractivity (Wildman–Crippen MR) is 73.7 cm³/mol. The zero-order valence-corrected chi connectivity index (χ0v) is 11.5. The van der Waals surface area contributed by atoms with Gasteiger partial charge in [-0.3, -0.25) is 4.72 Å². The highest BCUT2D eigenvalue weighted by molar-refractivity contribution is 7.90. The Hall–Kier alpha value is -1.27. The first-order chi connectivity index (χ1) is 8.40. The van der Waals surface area contributed by atoms with Gasteiger partial charge in [-0.25, -0.2) is 0 Å². The molecular weight excluding hydrogens is 250 g/mol. The van der Waals surface area contributed by atoms with Gasteiger partial charge >= 0.3 is 10.2 Å². The number of nitrogen functional groups attached to an aromatic ring is 1. The molecule has 0 radical (unpaired) electrons. The highest BCUT2D eigenvalue weighted by Crippen LogP contribution is 2.25. The molecule has 5 nitrogen and oxygen atoms in total. The smallest absolute Gasteiger partial charge is 0.301 e. The normalized spacial score (nSPS) is 17.0. The lowest BCUT2D eigenvalue weighted by atomic mass is 10.1. The lowest BCUT2D eigenvalue weighted by Gasteiger charge is -2.19. The Balaban J connectivity index is 2.29. The van der Waals surface area contributed by atoms with Gasteiger partial charge in [0.2, 0.25) is 0 Å². The fourth-order valence-electron chi connectivity index (χ4n) is 2.28. The highest BCUT2D eigenvalue weighted by Gasteiger charge is 2.25. The second-order valence-corrected chi connectivity index (χ2v) is 6.41. The average molecular weight is 269 g/mol. The fourth-order valence-corrected chi connectivity index (χ4v) is 3.73. The minimum Gasteiger partial charge on any atom is -0.399 e. The van der Waals surface area contributed by atoms with Crippen LogP contribution in [-0.2, 0) is 10.2 Å². The molecule has 1 aromatic carbocycles. The third-order valence-corrected chi connectivity index (χ3v) is 4.70. The van der Waals surface area contributed by atoms with Crippen LogP contribution in [0, 0.1) is 13.8 Å². The summed E-state index contributed by atoms with van der Waals surface area (Å²) in [6, 6.07) is 3.55. The van der Waals surface area contributed by atoms with E-state index in [0.29, 0.717) is 24.5 Å². The Kier molecular flexibility index (Phi) is 3.49. The largest absolute Gasteiger partial charge is 0.399 e. The van der Waals surface area contributed by atoms with Gasteiger partial charge < -0.3 is 5.73 Å². The molecule has 1 fully saturated rings. The van der Waals surface area contributed by atoms with E-state index in [1.54, 1.807) is 12.1 Å². The van der Waals surface area contributed by atoms with Crippen molar-refractivity contribution in [2.75, 3.05) is 23.5 Å². The second-order valence-electron chi connectivity index (χ2n) is 4.74. The van der Waals surface area contributed by atoms with Crippen molar-refractivity contribution < 1.29 is 8.42 Å². The Morgan fingerprint density at radius 1 is 1.17 bits per heavy atom. The van der Waals surface area contributed by atoms with Crippen molar-refractivity contribution in [1.29, 1.82) is 0 Å². The van der Waals surface area contributed by atoms with Crippen molar-refractivity contribution in [3.05, 3.63) is 23.3 Å². The molecule has 6 heteroatoms. The van der Waals surface area contributed by atoms with E-state index in [4.69, 9.17) is 5.73 Å². The molecule has 100 valence electrons. The fraction of sp³-hybridized carbons (Fsp3) is 0.500. The number of benzene rings is 1. The average Bonchev–Trinajstić information content (AvgIpc) is 2.77. The molecule has 0 aromatic heterocycles. The molecule has 2 rings (SSSR count). The molecular formula is C12H19N3O2S. The lowest BCUT2D eigenvalue weighted by molar-refractivity contribution is 0.482. The van der Waals surface area contributed by atoms with Gasteiger partial charge in [0, 0.05) is 18.8 Å². The third kappa shape index (κ3) is 2.59. The van der Waals surface area contributed by atoms with E-state index in [-0.39, 0.29) is 0 Å². The number of anilines is 2. The van der Waals surface area contributed by atoms with E-state index in [9.17, 15) is 8.42 Å². The maximum atomic E-state index is 12.2. The quantitative estimate of drug-likeness (QED) is 0.819. The summed E-state index contributed by atoms with van der Waals surface area (Å²) in [6.07, 6.45) is 1.86. The van der Waals surface area contributed by atoms with E-state index in [0.717, 1.165) is 24.0 Å². The molecule has 1 aliphatic rings. The Morgan fingerprint density at radius 3 is 2.17 bits per heavy atom. The van der Waals surface area contributed by atoms with Crippen LogP contribution in [0.3, 0.4) is 0 Å². The van der Waals surface area contributed by atoms with E-state index in [1.807, 2.05) is 13.8 Å². The predicted octanol–water partition coefficient (Wildman–Crippen LogP) is 1.64. The zero-order valence-electron chi connectivity index (χ0n) is 10.7. The molecule has 0 aliphatic carbocycles. The van der Waals surface area contributed by atoms with Crippen LogP contribution in [0.5, 0.6) is 0 Å². The van der Waals surface area contributed by atoms with Crippen molar-refractivity contribution in [2.45, 2.75) is 26.7 Å². The lowest BCUT2D eigenvalue weighted by Crippen LogP contribution is -2.33. The maximum Gasteiger partial charge on any atom is 0.301 e. The third-order valence-electron chi connectivity index (χ3n) is 3.19. The van der Waals surface area contributed by atoms with Crippen LogP contribution < -0.4 is 10.5 Å². The first kappa shape index (κ1) is 13.2. The van der Waals surface area contributed by atoms with Gasteiger partial charge in [-0.05, 0) is 49.9 Å². The molecule has 0 amide bonds. The molecule has 0 saturated carbocycles. The number of aryl methyl sites for hydroxylation is 2. The van der Waals surface area contributed by atoms with E-state index >= 15 is 0 Å². The van der Waals surface area contributed by atoms with E-state index in [1.165, 1.54) is 4.31 Å². The molecule has 1 aromatic rings. The molecule has 0 spiro atoms. The van der Waals surface area contributed by atoms with Gasteiger partial charge in [0.05, 0.1) is 5.69 Å². The summed E-state index contributed by atoms with van der Waals surface area (Å²) in [4.78, 5) is 0. The Bertz CT molecular complexity index is 525. The molecule has 1 aliphatic heterocycles. The van der Waals surface area contributed by atoms with Crippen LogP contribution in [0.1, 0.15) is 24.0 Å². The first-order valence-corrected chi connectivity index (χ1v) is 7.49. The summed E-state index contributed by atoms with van der Waals surface area (Å²) in [5.74, 6) is 0. The standard InChI is InChI=1S/C12H19N3O2S/c1-9-7-11(13)8-10(2)12(9)14-18(16,17)15-5-3-4-6-15/h7-8,14H,3-6,13H2,1-2H3. The molecule has 18 heavy (non-hydrogen) atoms. The van der Waals surface area contributed by atoms with Crippen LogP contribution in [0.4, 0.5) is 11.4 Å². The van der Waals surface area contributed by atoms with E-state index in [2.05, 4.69) is 4.72 Å². The SMILES string of the molecule is Cc1cc(N)cc(C)c1NS(=O)(=O)N1CCCC1. The first-order valence-electron chi connectivity index (χ1n) is 6.05. The molecule has 1 heterocycles. The number of hydrogen-bond acceptors (Lipinski definition) is 3. The van der Waals surface area contributed by atoms with Crippen molar-refractivity contribution in [2.24, 2.45) is 0 Å². The minimum atomic E-state index is -3.43. The van der Waals surface area contributed by atoms with Gasteiger partial charge in [-0.1, -0.05) is 0 Å². The number of rotatable bonds is 3.